The van der Waals surface area contributed by atoms with Crippen molar-refractivity contribution in [3.63, 3.8) is 0 Å². The lowest BCUT2D eigenvalue weighted by atomic mass is 10.2. The van der Waals surface area contributed by atoms with Crippen LogP contribution in [0.4, 0.5) is 4.79 Å². The molecule has 7 nitrogen and oxygen atoms in total. The summed E-state index contributed by atoms with van der Waals surface area (Å²) in [5.41, 5.74) is 0.219. The highest BCUT2D eigenvalue weighted by Gasteiger charge is 2.29. The van der Waals surface area contributed by atoms with E-state index >= 15 is 0 Å². The number of amides is 2. The van der Waals surface area contributed by atoms with Gasteiger partial charge >= 0.3 is 6.09 Å². The summed E-state index contributed by atoms with van der Waals surface area (Å²) in [6, 6.07) is 3.85. The van der Waals surface area contributed by atoms with Crippen LogP contribution in [0.1, 0.15) is 36.1 Å². The summed E-state index contributed by atoms with van der Waals surface area (Å²) in [4.78, 5) is 33.6. The van der Waals surface area contributed by atoms with Crippen LogP contribution < -0.4 is 0 Å². The van der Waals surface area contributed by atoms with E-state index in [2.05, 4.69) is 4.98 Å². The van der Waals surface area contributed by atoms with Crippen LogP contribution >= 0.6 is 11.3 Å². The van der Waals surface area contributed by atoms with Crippen molar-refractivity contribution in [2.24, 2.45) is 0 Å². The molecule has 0 N–H and O–H groups in total. The number of nitrogens with zero attached hydrogens (tertiary/aromatic N) is 4. The highest BCUT2D eigenvalue weighted by molar-refractivity contribution is 7.16. The molecule has 0 unspecified atom stereocenters. The predicted octanol–water partition coefficient (Wildman–Crippen LogP) is 2.94. The minimum Gasteiger partial charge on any atom is -0.444 e. The van der Waals surface area contributed by atoms with Gasteiger partial charge in [0.25, 0.3) is 5.91 Å². The van der Waals surface area contributed by atoms with Gasteiger partial charge in [0.1, 0.15) is 10.5 Å². The number of rotatable bonds is 2. The Kier molecular flexibility index (Phi) is 5.04. The molecule has 0 aliphatic carbocycles. The second-order valence-corrected chi connectivity index (χ2v) is 8.24. The first-order valence-electron chi connectivity index (χ1n) is 8.62. The Morgan fingerprint density at radius 2 is 1.65 bits per heavy atom. The number of aryl methyl sites for hydroxylation is 1. The zero-order valence-electron chi connectivity index (χ0n) is 15.6. The summed E-state index contributed by atoms with van der Waals surface area (Å²) in [6.07, 6.45) is 3.49. The number of aromatic nitrogens is 2. The number of hydrogen-bond donors (Lipinski definition) is 0. The summed E-state index contributed by atoms with van der Waals surface area (Å²) in [5.74, 6) is -0.0257. The minimum absolute atomic E-state index is 0.0257. The van der Waals surface area contributed by atoms with Gasteiger partial charge < -0.3 is 19.1 Å². The topological polar surface area (TPSA) is 67.7 Å². The van der Waals surface area contributed by atoms with E-state index in [9.17, 15) is 9.59 Å². The van der Waals surface area contributed by atoms with Gasteiger partial charge in [0, 0.05) is 38.6 Å². The van der Waals surface area contributed by atoms with E-state index in [1.807, 2.05) is 56.8 Å². The third-order valence-electron chi connectivity index (χ3n) is 4.02. The summed E-state index contributed by atoms with van der Waals surface area (Å²) in [5, 5.41) is 0.781. The maximum Gasteiger partial charge on any atom is 0.410 e. The molecule has 1 saturated heterocycles. The van der Waals surface area contributed by atoms with Gasteiger partial charge in [-0.2, -0.15) is 0 Å². The molecule has 1 aliphatic heterocycles. The van der Waals surface area contributed by atoms with Crippen molar-refractivity contribution in [1.82, 2.24) is 19.4 Å². The molecule has 140 valence electrons. The smallest absolute Gasteiger partial charge is 0.410 e. The van der Waals surface area contributed by atoms with E-state index < -0.39 is 5.60 Å². The maximum atomic E-state index is 12.9. The van der Waals surface area contributed by atoms with E-state index in [1.165, 1.54) is 11.3 Å². The van der Waals surface area contributed by atoms with Crippen LogP contribution in [0.25, 0.3) is 5.13 Å². The molecule has 0 spiro atoms. The minimum atomic E-state index is -0.515. The molecule has 0 bridgehead atoms. The highest BCUT2D eigenvalue weighted by atomic mass is 32.1. The lowest BCUT2D eigenvalue weighted by Gasteiger charge is -2.35. The van der Waals surface area contributed by atoms with Crippen molar-refractivity contribution in [1.29, 1.82) is 0 Å². The Hall–Kier alpha value is -2.35. The van der Waals surface area contributed by atoms with Crippen LogP contribution in [0.5, 0.6) is 0 Å². The molecule has 8 heteroatoms. The van der Waals surface area contributed by atoms with Crippen LogP contribution in [-0.2, 0) is 4.74 Å². The number of hydrogen-bond acceptors (Lipinski definition) is 5. The fourth-order valence-corrected chi connectivity index (χ4v) is 3.72. The molecule has 2 aromatic rings. The summed E-state index contributed by atoms with van der Waals surface area (Å²) in [6.45, 7) is 9.33. The van der Waals surface area contributed by atoms with E-state index in [0.717, 1.165) is 10.8 Å². The Labute approximate surface area is 157 Å². The SMILES string of the molecule is Cc1nc(-n2cccc2)sc1C(=O)N1CCN(C(=O)OC(C)(C)C)CC1. The maximum absolute atomic E-state index is 12.9. The van der Waals surface area contributed by atoms with Gasteiger partial charge in [-0.15, -0.1) is 0 Å². The summed E-state index contributed by atoms with van der Waals surface area (Å²) >= 11 is 1.39. The van der Waals surface area contributed by atoms with Crippen LogP contribution in [0, 0.1) is 6.92 Å². The van der Waals surface area contributed by atoms with Gasteiger partial charge in [-0.3, -0.25) is 4.79 Å². The monoisotopic (exact) mass is 376 g/mol. The predicted molar refractivity (Wildman–Crippen MR) is 99.9 cm³/mol. The van der Waals surface area contributed by atoms with Gasteiger partial charge in [0.15, 0.2) is 5.13 Å². The molecule has 3 rings (SSSR count). The first kappa shape index (κ1) is 18.4. The molecule has 0 atom stereocenters. The van der Waals surface area contributed by atoms with Gasteiger partial charge in [-0.25, -0.2) is 9.78 Å². The van der Waals surface area contributed by atoms with Crippen LogP contribution in [0.3, 0.4) is 0 Å². The summed E-state index contributed by atoms with van der Waals surface area (Å²) < 4.78 is 7.29. The van der Waals surface area contributed by atoms with Crippen molar-refractivity contribution >= 4 is 23.3 Å². The quantitative estimate of drug-likeness (QED) is 0.808. The van der Waals surface area contributed by atoms with Crippen LogP contribution in [0.15, 0.2) is 24.5 Å². The number of ether oxygens (including phenoxy) is 1. The third kappa shape index (κ3) is 4.07. The second-order valence-electron chi connectivity index (χ2n) is 7.26. The van der Waals surface area contributed by atoms with Gasteiger partial charge in [-0.1, -0.05) is 11.3 Å². The molecule has 2 aromatic heterocycles. The molecule has 0 saturated carbocycles. The van der Waals surface area contributed by atoms with E-state index in [0.29, 0.717) is 31.1 Å². The van der Waals surface area contributed by atoms with Crippen molar-refractivity contribution in [2.45, 2.75) is 33.3 Å². The molecular formula is C18H24N4O3S. The Morgan fingerprint density at radius 3 is 2.23 bits per heavy atom. The number of carbonyl (C=O) groups excluding carboxylic acids is 2. The van der Waals surface area contributed by atoms with E-state index in [4.69, 9.17) is 4.74 Å². The molecule has 0 radical (unpaired) electrons. The van der Waals surface area contributed by atoms with Crippen molar-refractivity contribution in [3.8, 4) is 5.13 Å². The van der Waals surface area contributed by atoms with E-state index in [-0.39, 0.29) is 12.0 Å². The van der Waals surface area contributed by atoms with Crippen molar-refractivity contribution in [2.75, 3.05) is 26.2 Å². The number of thiazole rings is 1. The van der Waals surface area contributed by atoms with Crippen LogP contribution in [0.2, 0.25) is 0 Å². The fourth-order valence-electron chi connectivity index (χ4n) is 2.72. The standard InChI is InChI=1S/C18H24N4O3S/c1-13-14(26-16(19-13)21-7-5-6-8-21)15(23)20-9-11-22(12-10-20)17(24)25-18(2,3)4/h5-8H,9-12H2,1-4H3. The van der Waals surface area contributed by atoms with Gasteiger partial charge in [0.05, 0.1) is 5.69 Å². The molecule has 1 aliphatic rings. The van der Waals surface area contributed by atoms with E-state index in [1.54, 1.807) is 9.80 Å². The number of carbonyl (C=O) groups is 2. The van der Waals surface area contributed by atoms with Crippen LogP contribution in [-0.4, -0.2) is 63.1 Å². The Balaban J connectivity index is 1.63. The molecule has 3 heterocycles. The Bertz CT molecular complexity index is 784. The molecule has 1 fully saturated rings. The van der Waals surface area contributed by atoms with Crippen molar-refractivity contribution < 1.29 is 14.3 Å². The molecule has 0 aromatic carbocycles. The van der Waals surface area contributed by atoms with Gasteiger partial charge in [-0.05, 0) is 39.8 Å². The molecular weight excluding hydrogens is 352 g/mol. The fraction of sp³-hybridized carbons (Fsp3) is 0.500. The first-order chi connectivity index (χ1) is 12.2. The third-order valence-corrected chi connectivity index (χ3v) is 5.18. The average Bonchev–Trinajstić information content (AvgIpc) is 3.22. The first-order valence-corrected chi connectivity index (χ1v) is 9.44. The van der Waals surface area contributed by atoms with Gasteiger partial charge in [0.2, 0.25) is 0 Å². The Morgan fingerprint density at radius 1 is 1.08 bits per heavy atom. The second kappa shape index (κ2) is 7.11. The molecule has 26 heavy (non-hydrogen) atoms. The zero-order chi connectivity index (χ0) is 18.9. The lowest BCUT2D eigenvalue weighted by Crippen LogP contribution is -2.51. The zero-order valence-corrected chi connectivity index (χ0v) is 16.4. The summed E-state index contributed by atoms with van der Waals surface area (Å²) in [7, 11) is 0. The largest absolute Gasteiger partial charge is 0.444 e. The molecule has 2 amide bonds. The number of piperazine rings is 1. The van der Waals surface area contributed by atoms with Crippen molar-refractivity contribution in [3.05, 3.63) is 35.1 Å². The normalized spacial score (nSPS) is 15.2. The lowest BCUT2D eigenvalue weighted by molar-refractivity contribution is 0.0141. The average molecular weight is 376 g/mol. The highest BCUT2D eigenvalue weighted by Crippen LogP contribution is 2.24.